The van der Waals surface area contributed by atoms with Gasteiger partial charge in [0.15, 0.2) is 12.1 Å². The molecule has 0 bridgehead atoms. The summed E-state index contributed by atoms with van der Waals surface area (Å²) in [6.07, 6.45) is 5.37. The summed E-state index contributed by atoms with van der Waals surface area (Å²) >= 11 is 0. The van der Waals surface area contributed by atoms with Crippen LogP contribution >= 0.6 is 0 Å². The molecule has 0 heterocycles. The molecule has 11 heavy (non-hydrogen) atoms. The van der Waals surface area contributed by atoms with E-state index in [9.17, 15) is 14.4 Å². The molecule has 0 aliphatic heterocycles. The van der Waals surface area contributed by atoms with Crippen molar-refractivity contribution in [3.05, 3.63) is 23.8 Å². The summed E-state index contributed by atoms with van der Waals surface area (Å²) < 4.78 is 0. The van der Waals surface area contributed by atoms with Crippen LogP contribution in [0.3, 0.4) is 0 Å². The van der Waals surface area contributed by atoms with E-state index in [4.69, 9.17) is 0 Å². The van der Waals surface area contributed by atoms with Gasteiger partial charge in [-0.25, -0.2) is 0 Å². The van der Waals surface area contributed by atoms with Gasteiger partial charge in [0.2, 0.25) is 0 Å². The molecule has 56 valence electrons. The highest BCUT2D eigenvalue weighted by Gasteiger charge is 2.20. The predicted octanol–water partition coefficient (Wildman–Crippen LogP) is 0.0657. The fourth-order valence-electron chi connectivity index (χ4n) is 0.845. The Morgan fingerprint density at radius 2 is 2.09 bits per heavy atom. The van der Waals surface area contributed by atoms with E-state index in [1.165, 1.54) is 18.2 Å². The topological polar surface area (TPSA) is 51.2 Å². The first kappa shape index (κ1) is 7.60. The first-order chi connectivity index (χ1) is 5.29. The normalized spacial score (nSPS) is 22.7. The van der Waals surface area contributed by atoms with E-state index in [0.717, 1.165) is 0 Å². The Morgan fingerprint density at radius 1 is 1.36 bits per heavy atom. The number of carbonyl (C=O) groups excluding carboxylic acids is 3. The lowest BCUT2D eigenvalue weighted by Crippen LogP contribution is -2.18. The second kappa shape index (κ2) is 3.05. The molecule has 0 spiro atoms. The Labute approximate surface area is 63.4 Å². The predicted molar refractivity (Wildman–Crippen MR) is 37.8 cm³/mol. The number of hydrogen-bond acceptors (Lipinski definition) is 3. The molecule has 0 aromatic rings. The Bertz CT molecular complexity index is 261. The molecule has 3 nitrogen and oxygen atoms in total. The summed E-state index contributed by atoms with van der Waals surface area (Å²) in [6, 6.07) is 0. The minimum atomic E-state index is -0.764. The van der Waals surface area contributed by atoms with E-state index in [-0.39, 0.29) is 5.57 Å². The number of Topliss-reactive ketones (excluding diaryl/α,β-unsaturated/α-hetero) is 1. The van der Waals surface area contributed by atoms with Crippen molar-refractivity contribution in [3.8, 4) is 0 Å². The fourth-order valence-corrected chi connectivity index (χ4v) is 0.845. The van der Waals surface area contributed by atoms with Crippen LogP contribution in [0.2, 0.25) is 0 Å². The summed E-state index contributed by atoms with van der Waals surface area (Å²) in [5, 5.41) is 0. The zero-order valence-corrected chi connectivity index (χ0v) is 5.69. The Kier molecular flexibility index (Phi) is 2.11. The molecule has 0 radical (unpaired) electrons. The van der Waals surface area contributed by atoms with Crippen molar-refractivity contribution in [2.75, 3.05) is 0 Å². The van der Waals surface area contributed by atoms with Crippen LogP contribution in [0.25, 0.3) is 0 Å². The van der Waals surface area contributed by atoms with Gasteiger partial charge in [-0.05, 0) is 6.08 Å². The van der Waals surface area contributed by atoms with Gasteiger partial charge < -0.3 is 4.79 Å². The zero-order valence-electron chi connectivity index (χ0n) is 5.69. The van der Waals surface area contributed by atoms with Gasteiger partial charge in [0.05, 0.1) is 11.5 Å². The zero-order chi connectivity index (χ0) is 8.27. The minimum absolute atomic E-state index is 0.0598. The van der Waals surface area contributed by atoms with Crippen molar-refractivity contribution >= 4 is 18.4 Å². The first-order valence-corrected chi connectivity index (χ1v) is 3.12. The quantitative estimate of drug-likeness (QED) is 0.318. The van der Waals surface area contributed by atoms with Gasteiger partial charge >= 0.3 is 0 Å². The van der Waals surface area contributed by atoms with Crippen LogP contribution in [0, 0.1) is 5.92 Å². The lowest BCUT2D eigenvalue weighted by Gasteiger charge is -2.06. The molecule has 0 fully saturated rings. The standard InChI is InChI=1S/C8H6O3/c9-4-6-2-1-3-7(5-10)8(6)11/h1-6H. The van der Waals surface area contributed by atoms with Crippen molar-refractivity contribution < 1.29 is 14.4 Å². The van der Waals surface area contributed by atoms with Crippen LogP contribution < -0.4 is 0 Å². The summed E-state index contributed by atoms with van der Waals surface area (Å²) in [5.74, 6) is -1.18. The maximum Gasteiger partial charge on any atom is 0.180 e. The van der Waals surface area contributed by atoms with E-state index in [1.807, 2.05) is 0 Å². The Balaban J connectivity index is 2.93. The summed E-state index contributed by atoms with van der Waals surface area (Å²) in [4.78, 5) is 31.4. The molecule has 1 unspecified atom stereocenters. The molecule has 0 N–H and O–H groups in total. The molecule has 1 rings (SSSR count). The molecule has 1 aliphatic carbocycles. The maximum atomic E-state index is 11.0. The van der Waals surface area contributed by atoms with E-state index in [1.54, 1.807) is 0 Å². The van der Waals surface area contributed by atoms with Gasteiger partial charge in [-0.3, -0.25) is 9.59 Å². The molecule has 1 atom stereocenters. The first-order valence-electron chi connectivity index (χ1n) is 3.12. The molecule has 0 aromatic heterocycles. The largest absolute Gasteiger partial charge is 0.302 e. The average Bonchev–Trinajstić information content (AvgIpc) is 2.05. The van der Waals surface area contributed by atoms with Crippen molar-refractivity contribution in [2.45, 2.75) is 0 Å². The van der Waals surface area contributed by atoms with E-state index in [2.05, 4.69) is 0 Å². The highest BCUT2D eigenvalue weighted by atomic mass is 16.2. The number of carbonyl (C=O) groups is 3. The Hall–Kier alpha value is -1.51. The number of aldehydes is 2. The summed E-state index contributed by atoms with van der Waals surface area (Å²) in [7, 11) is 0. The molecular formula is C8H6O3. The van der Waals surface area contributed by atoms with Gasteiger partial charge in [0.1, 0.15) is 6.29 Å². The SMILES string of the molecule is O=CC1=CC=CC(C=O)C1=O. The van der Waals surface area contributed by atoms with Crippen LogP contribution in [0.4, 0.5) is 0 Å². The van der Waals surface area contributed by atoms with Crippen LogP contribution in [0.5, 0.6) is 0 Å². The van der Waals surface area contributed by atoms with E-state index < -0.39 is 11.7 Å². The van der Waals surface area contributed by atoms with Crippen molar-refractivity contribution in [3.63, 3.8) is 0 Å². The van der Waals surface area contributed by atoms with Gasteiger partial charge in [0, 0.05) is 0 Å². The fraction of sp³-hybridized carbons (Fsp3) is 0.125. The molecule has 3 heteroatoms. The lowest BCUT2D eigenvalue weighted by atomic mass is 9.95. The second-order valence-corrected chi connectivity index (χ2v) is 2.15. The molecule has 0 amide bonds. The lowest BCUT2D eigenvalue weighted by molar-refractivity contribution is -0.123. The van der Waals surface area contributed by atoms with Gasteiger partial charge in [0.25, 0.3) is 0 Å². The third-order valence-electron chi connectivity index (χ3n) is 1.46. The van der Waals surface area contributed by atoms with E-state index in [0.29, 0.717) is 12.6 Å². The van der Waals surface area contributed by atoms with Crippen molar-refractivity contribution in [1.29, 1.82) is 0 Å². The van der Waals surface area contributed by atoms with Crippen LogP contribution in [-0.4, -0.2) is 18.4 Å². The van der Waals surface area contributed by atoms with Crippen molar-refractivity contribution in [1.82, 2.24) is 0 Å². The number of allylic oxidation sites excluding steroid dienone is 4. The van der Waals surface area contributed by atoms with Crippen LogP contribution in [0.1, 0.15) is 0 Å². The van der Waals surface area contributed by atoms with Gasteiger partial charge in [-0.1, -0.05) is 12.2 Å². The van der Waals surface area contributed by atoms with Crippen LogP contribution in [0.15, 0.2) is 23.8 Å². The highest BCUT2D eigenvalue weighted by Crippen LogP contribution is 2.10. The molecule has 0 aromatic carbocycles. The minimum Gasteiger partial charge on any atom is -0.302 e. The third kappa shape index (κ3) is 1.32. The smallest absolute Gasteiger partial charge is 0.180 e. The van der Waals surface area contributed by atoms with Gasteiger partial charge in [-0.15, -0.1) is 0 Å². The third-order valence-corrected chi connectivity index (χ3v) is 1.46. The average molecular weight is 150 g/mol. The van der Waals surface area contributed by atoms with Crippen molar-refractivity contribution in [2.24, 2.45) is 5.92 Å². The molecular weight excluding hydrogens is 144 g/mol. The monoisotopic (exact) mass is 150 g/mol. The Morgan fingerprint density at radius 3 is 2.64 bits per heavy atom. The van der Waals surface area contributed by atoms with Crippen LogP contribution in [-0.2, 0) is 14.4 Å². The number of ketones is 1. The van der Waals surface area contributed by atoms with Gasteiger partial charge in [-0.2, -0.15) is 0 Å². The highest BCUT2D eigenvalue weighted by molar-refractivity contribution is 6.18. The molecule has 0 saturated carbocycles. The molecule has 1 aliphatic rings. The summed E-state index contributed by atoms with van der Waals surface area (Å²) in [5.41, 5.74) is 0.0598. The molecule has 0 saturated heterocycles. The second-order valence-electron chi connectivity index (χ2n) is 2.15. The maximum absolute atomic E-state index is 11.0. The van der Waals surface area contributed by atoms with E-state index >= 15 is 0 Å². The summed E-state index contributed by atoms with van der Waals surface area (Å²) in [6.45, 7) is 0. The number of rotatable bonds is 2. The number of hydrogen-bond donors (Lipinski definition) is 0.